The van der Waals surface area contributed by atoms with Crippen LogP contribution in [0.15, 0.2) is 0 Å². The van der Waals surface area contributed by atoms with Gasteiger partial charge in [-0.2, -0.15) is 11.1 Å². The van der Waals surface area contributed by atoms with Crippen molar-refractivity contribution in [2.45, 2.75) is 96.7 Å². The lowest BCUT2D eigenvalue weighted by atomic mass is 10.0. The summed E-state index contributed by atoms with van der Waals surface area (Å²) in [4.78, 5) is 12.4. The number of carbonyl (C=O) groups excluding carboxylic acids is 1. The summed E-state index contributed by atoms with van der Waals surface area (Å²) in [6.07, 6.45) is 11.4. The molecule has 114 valence electrons. The van der Waals surface area contributed by atoms with E-state index in [9.17, 15) is 4.79 Å². The summed E-state index contributed by atoms with van der Waals surface area (Å²) < 4.78 is 0. The van der Waals surface area contributed by atoms with E-state index in [-0.39, 0.29) is 5.54 Å². The summed E-state index contributed by atoms with van der Waals surface area (Å²) in [5.41, 5.74) is 0.174. The average Bonchev–Trinajstić information content (AvgIpc) is 2.33. The van der Waals surface area contributed by atoms with Gasteiger partial charge in [0.15, 0.2) is 7.38 Å². The van der Waals surface area contributed by atoms with Gasteiger partial charge < -0.3 is 0 Å². The van der Waals surface area contributed by atoms with Crippen molar-refractivity contribution < 1.29 is 4.79 Å². The molecule has 0 radical (unpaired) electrons. The lowest BCUT2D eigenvalue weighted by Gasteiger charge is -2.25. The molecule has 0 fully saturated rings. The maximum Gasteiger partial charge on any atom is 0.160 e. The molecular weight excluding hydrogens is 272 g/mol. The van der Waals surface area contributed by atoms with Gasteiger partial charge in [0.05, 0.1) is 0 Å². The molecule has 0 aromatic heterocycles. The third-order valence-electron chi connectivity index (χ3n) is 3.84. The van der Waals surface area contributed by atoms with Crippen LogP contribution in [0, 0.1) is 0 Å². The van der Waals surface area contributed by atoms with E-state index in [1.807, 2.05) is 0 Å². The van der Waals surface area contributed by atoms with Crippen molar-refractivity contribution in [3.63, 3.8) is 0 Å². The van der Waals surface area contributed by atoms with Gasteiger partial charge in [0.2, 0.25) is 0 Å². The molecular formula is C16H33ClOSi. The molecule has 0 bridgehead atoms. The van der Waals surface area contributed by atoms with E-state index in [0.717, 1.165) is 19.3 Å². The number of Topliss-reactive ketones (excluding diaryl/α,β-unsaturated/α-hetero) is 1. The molecule has 0 saturated heterocycles. The Hall–Kier alpha value is 0.177. The second kappa shape index (κ2) is 10.9. The van der Waals surface area contributed by atoms with Gasteiger partial charge in [-0.25, -0.2) is 0 Å². The highest BCUT2D eigenvalue weighted by atomic mass is 35.6. The Bertz CT molecular complexity index is 235. The second-order valence-corrected chi connectivity index (χ2v) is 13.0. The Morgan fingerprint density at radius 2 is 1.47 bits per heavy atom. The number of ketones is 1. The monoisotopic (exact) mass is 304 g/mol. The summed E-state index contributed by atoms with van der Waals surface area (Å²) in [6, 6.07) is 0. The number of hydrogen-bond donors (Lipinski definition) is 0. The Labute approximate surface area is 126 Å². The molecule has 0 heterocycles. The minimum Gasteiger partial charge on any atom is -0.300 e. The lowest BCUT2D eigenvalue weighted by Crippen LogP contribution is -2.31. The molecule has 0 aliphatic carbocycles. The predicted octanol–water partition coefficient (Wildman–Crippen LogP) is 6.31. The van der Waals surface area contributed by atoms with Crippen LogP contribution >= 0.6 is 11.1 Å². The van der Waals surface area contributed by atoms with E-state index in [2.05, 4.69) is 26.9 Å². The fraction of sp³-hybridized carbons (Fsp3) is 0.938. The van der Waals surface area contributed by atoms with Gasteiger partial charge in [-0.05, 0) is 12.8 Å². The van der Waals surface area contributed by atoms with Crippen LogP contribution in [0.3, 0.4) is 0 Å². The predicted molar refractivity (Wildman–Crippen MR) is 89.6 cm³/mol. The molecule has 3 heteroatoms. The summed E-state index contributed by atoms with van der Waals surface area (Å²) in [5, 5.41) is 0. The fourth-order valence-corrected chi connectivity index (χ4v) is 5.06. The maximum atomic E-state index is 12.4. The first-order chi connectivity index (χ1) is 8.93. The third kappa shape index (κ3) is 9.67. The molecule has 1 atom stereocenters. The minimum absolute atomic E-state index is 0.174. The number of carbonyl (C=O) groups is 1. The van der Waals surface area contributed by atoms with Crippen LogP contribution in [-0.4, -0.2) is 13.2 Å². The van der Waals surface area contributed by atoms with Crippen molar-refractivity contribution in [1.82, 2.24) is 0 Å². The fourth-order valence-electron chi connectivity index (χ4n) is 2.56. The van der Waals surface area contributed by atoms with E-state index in [0.29, 0.717) is 5.78 Å². The van der Waals surface area contributed by atoms with Crippen molar-refractivity contribution in [2.75, 3.05) is 0 Å². The van der Waals surface area contributed by atoms with Crippen molar-refractivity contribution >= 4 is 24.2 Å². The molecule has 0 aliphatic heterocycles. The van der Waals surface area contributed by atoms with Crippen LogP contribution in [0.2, 0.25) is 18.6 Å². The van der Waals surface area contributed by atoms with Crippen LogP contribution in [0.25, 0.3) is 0 Å². The Morgan fingerprint density at radius 3 is 1.95 bits per heavy atom. The van der Waals surface area contributed by atoms with Gasteiger partial charge in [0.1, 0.15) is 5.78 Å². The Balaban J connectivity index is 4.14. The van der Waals surface area contributed by atoms with Crippen LogP contribution in [0.4, 0.5) is 0 Å². The van der Waals surface area contributed by atoms with E-state index in [1.165, 1.54) is 44.9 Å². The summed E-state index contributed by atoms with van der Waals surface area (Å²) in [6.45, 7) is 8.68. The molecule has 0 amide bonds. The number of rotatable bonds is 12. The van der Waals surface area contributed by atoms with Crippen LogP contribution in [0.5, 0.6) is 0 Å². The van der Waals surface area contributed by atoms with Crippen LogP contribution in [-0.2, 0) is 4.79 Å². The lowest BCUT2D eigenvalue weighted by molar-refractivity contribution is -0.119. The summed E-state index contributed by atoms with van der Waals surface area (Å²) >= 11 is 6.57. The highest BCUT2D eigenvalue weighted by Gasteiger charge is 2.34. The molecule has 1 unspecified atom stereocenters. The van der Waals surface area contributed by atoms with Gasteiger partial charge in [0, 0.05) is 12.0 Å². The molecule has 0 aliphatic rings. The van der Waals surface area contributed by atoms with Crippen molar-refractivity contribution in [3.8, 4) is 0 Å². The van der Waals surface area contributed by atoms with Gasteiger partial charge in [0.25, 0.3) is 0 Å². The molecule has 0 rings (SSSR count). The normalized spacial score (nSPS) is 13.5. The van der Waals surface area contributed by atoms with Gasteiger partial charge in [-0.3, -0.25) is 4.79 Å². The molecule has 0 aromatic rings. The first-order valence-electron chi connectivity index (χ1n) is 8.15. The molecule has 1 nitrogen and oxygen atoms in total. The topological polar surface area (TPSA) is 17.1 Å². The van der Waals surface area contributed by atoms with E-state index in [1.54, 1.807) is 0 Å². The highest BCUT2D eigenvalue weighted by Crippen LogP contribution is 2.33. The molecule has 0 spiro atoms. The first kappa shape index (κ1) is 19.2. The number of hydrogen-bond acceptors (Lipinski definition) is 1. The minimum atomic E-state index is -1.86. The number of halogens is 1. The third-order valence-corrected chi connectivity index (χ3v) is 6.90. The van der Waals surface area contributed by atoms with Crippen molar-refractivity contribution in [1.29, 1.82) is 0 Å². The smallest absolute Gasteiger partial charge is 0.160 e. The van der Waals surface area contributed by atoms with Gasteiger partial charge >= 0.3 is 0 Å². The second-order valence-electron chi connectivity index (χ2n) is 6.24. The molecule has 0 N–H and O–H groups in total. The van der Waals surface area contributed by atoms with Gasteiger partial charge in [-0.1, -0.05) is 71.9 Å². The quantitative estimate of drug-likeness (QED) is 0.234. The zero-order valence-corrected chi connectivity index (χ0v) is 15.2. The number of unbranched alkanes of at least 4 members (excludes halogenated alkanes) is 6. The van der Waals surface area contributed by atoms with Crippen LogP contribution < -0.4 is 0 Å². The maximum absolute atomic E-state index is 12.4. The van der Waals surface area contributed by atoms with E-state index >= 15 is 0 Å². The molecule has 0 saturated carbocycles. The SMILES string of the molecule is CCCCCCC(=O)C(CCCCCC)[Si](C)(C)Cl. The first-order valence-corrected chi connectivity index (χ1v) is 12.2. The zero-order valence-electron chi connectivity index (χ0n) is 13.4. The zero-order chi connectivity index (χ0) is 14.7. The van der Waals surface area contributed by atoms with E-state index in [4.69, 9.17) is 11.1 Å². The standard InChI is InChI=1S/C16H33ClOSi/c1-5-7-9-11-13-15(18)16(19(3,4)17)14-12-10-8-6-2/h16H,5-14H2,1-4H3. The Kier molecular flexibility index (Phi) is 11.0. The largest absolute Gasteiger partial charge is 0.300 e. The average molecular weight is 305 g/mol. The van der Waals surface area contributed by atoms with Crippen molar-refractivity contribution in [3.05, 3.63) is 0 Å². The summed E-state index contributed by atoms with van der Waals surface area (Å²) in [7, 11) is -1.86. The van der Waals surface area contributed by atoms with E-state index < -0.39 is 7.38 Å². The van der Waals surface area contributed by atoms with Gasteiger partial charge in [-0.15, -0.1) is 0 Å². The van der Waals surface area contributed by atoms with Crippen molar-refractivity contribution in [2.24, 2.45) is 0 Å². The molecule has 0 aromatic carbocycles. The highest BCUT2D eigenvalue weighted by molar-refractivity contribution is 7.21. The van der Waals surface area contributed by atoms with Crippen LogP contribution in [0.1, 0.15) is 78.1 Å². The molecule has 19 heavy (non-hydrogen) atoms. The summed E-state index contributed by atoms with van der Waals surface area (Å²) in [5.74, 6) is 0.444. The Morgan fingerprint density at radius 1 is 0.947 bits per heavy atom.